The summed E-state index contributed by atoms with van der Waals surface area (Å²) in [6.07, 6.45) is 0. The largest absolute Gasteiger partial charge is 0.461 e. The Bertz CT molecular complexity index is 1320. The number of para-hydroxylation sites is 1. The molecule has 0 aliphatic heterocycles. The number of hydrogen-bond donors (Lipinski definition) is 0. The lowest BCUT2D eigenvalue weighted by Gasteiger charge is -2.13. The molecule has 0 N–H and O–H groups in total. The highest BCUT2D eigenvalue weighted by Gasteiger charge is 2.26. The van der Waals surface area contributed by atoms with Crippen LogP contribution in [0.25, 0.3) is 5.69 Å². The summed E-state index contributed by atoms with van der Waals surface area (Å²) in [5.74, 6) is -1.49. The highest BCUT2D eigenvalue weighted by Crippen LogP contribution is 2.24. The summed E-state index contributed by atoms with van der Waals surface area (Å²) in [5.41, 5.74) is 0.626. The Morgan fingerprint density at radius 1 is 1.10 bits per heavy atom. The normalized spacial score (nSPS) is 11.2. The summed E-state index contributed by atoms with van der Waals surface area (Å²) in [6, 6.07) is 11.7. The van der Waals surface area contributed by atoms with Gasteiger partial charge in [0.1, 0.15) is 4.90 Å². The molecule has 0 saturated heterocycles. The van der Waals surface area contributed by atoms with Crippen molar-refractivity contribution in [2.24, 2.45) is 0 Å². The smallest absolute Gasteiger partial charge is 0.362 e. The molecule has 0 bridgehead atoms. The van der Waals surface area contributed by atoms with Crippen molar-refractivity contribution < 1.29 is 22.1 Å². The third kappa shape index (κ3) is 4.78. The van der Waals surface area contributed by atoms with Gasteiger partial charge in [0.25, 0.3) is 5.56 Å². The first-order valence-electron chi connectivity index (χ1n) is 9.22. The SMILES string of the molecule is CCOC(=O)c1nn(-c2ccccc2Cl)c(=O)cc1OS(=O)(=O)c1ccc(C)c(C)c1. The maximum absolute atomic E-state index is 12.8. The number of carbonyl (C=O) groups excluding carboxylic acids is 1. The Balaban J connectivity index is 2.14. The van der Waals surface area contributed by atoms with Crippen LogP contribution < -0.4 is 9.74 Å². The molecule has 0 spiro atoms. The van der Waals surface area contributed by atoms with Crippen LogP contribution in [0.5, 0.6) is 5.75 Å². The summed E-state index contributed by atoms with van der Waals surface area (Å²) in [6.45, 7) is 5.18. The molecule has 0 unspecified atom stereocenters. The number of halogens is 1. The van der Waals surface area contributed by atoms with Crippen LogP contribution in [0.2, 0.25) is 5.02 Å². The van der Waals surface area contributed by atoms with Gasteiger partial charge in [-0.3, -0.25) is 4.79 Å². The molecule has 10 heteroatoms. The van der Waals surface area contributed by atoms with E-state index in [4.69, 9.17) is 20.5 Å². The third-order valence-electron chi connectivity index (χ3n) is 4.41. The Morgan fingerprint density at radius 2 is 1.81 bits per heavy atom. The lowest BCUT2D eigenvalue weighted by atomic mass is 10.1. The third-order valence-corrected chi connectivity index (χ3v) is 5.96. The van der Waals surface area contributed by atoms with Crippen molar-refractivity contribution >= 4 is 27.7 Å². The van der Waals surface area contributed by atoms with E-state index in [0.717, 1.165) is 21.9 Å². The van der Waals surface area contributed by atoms with Gasteiger partial charge in [-0.25, -0.2) is 4.79 Å². The predicted octanol–water partition coefficient (Wildman–Crippen LogP) is 3.45. The molecule has 0 aliphatic rings. The number of nitrogens with zero attached hydrogens (tertiary/aromatic N) is 2. The van der Waals surface area contributed by atoms with Gasteiger partial charge in [-0.05, 0) is 56.2 Å². The monoisotopic (exact) mass is 462 g/mol. The summed E-state index contributed by atoms with van der Waals surface area (Å²) < 4.78 is 36.6. The molecular formula is C21H19ClN2O6S. The molecule has 0 fully saturated rings. The topological polar surface area (TPSA) is 105 Å². The predicted molar refractivity (Wildman–Crippen MR) is 115 cm³/mol. The fourth-order valence-corrected chi connectivity index (χ4v) is 3.91. The van der Waals surface area contributed by atoms with Gasteiger partial charge in [0, 0.05) is 0 Å². The van der Waals surface area contributed by atoms with Crippen LogP contribution in [0, 0.1) is 13.8 Å². The maximum Gasteiger partial charge on any atom is 0.362 e. The van der Waals surface area contributed by atoms with Crippen LogP contribution >= 0.6 is 11.6 Å². The zero-order valence-corrected chi connectivity index (χ0v) is 18.5. The first kappa shape index (κ1) is 22.5. The van der Waals surface area contributed by atoms with E-state index in [0.29, 0.717) is 0 Å². The van der Waals surface area contributed by atoms with Gasteiger partial charge < -0.3 is 8.92 Å². The quantitative estimate of drug-likeness (QED) is 0.408. The van der Waals surface area contributed by atoms with E-state index in [1.807, 2.05) is 6.92 Å². The van der Waals surface area contributed by atoms with E-state index < -0.39 is 33.1 Å². The van der Waals surface area contributed by atoms with Gasteiger partial charge in [-0.1, -0.05) is 29.8 Å². The minimum atomic E-state index is -4.35. The van der Waals surface area contributed by atoms with Gasteiger partial charge in [0.2, 0.25) is 5.69 Å². The summed E-state index contributed by atoms with van der Waals surface area (Å²) in [7, 11) is -4.35. The first-order chi connectivity index (χ1) is 14.6. The van der Waals surface area contributed by atoms with E-state index in [-0.39, 0.29) is 22.2 Å². The van der Waals surface area contributed by atoms with E-state index >= 15 is 0 Å². The Kier molecular flexibility index (Phi) is 6.47. The fourth-order valence-electron chi connectivity index (χ4n) is 2.68. The molecule has 1 heterocycles. The molecular weight excluding hydrogens is 444 g/mol. The van der Waals surface area contributed by atoms with Gasteiger partial charge in [-0.15, -0.1) is 0 Å². The number of esters is 1. The van der Waals surface area contributed by atoms with Crippen molar-refractivity contribution in [3.05, 3.63) is 80.7 Å². The van der Waals surface area contributed by atoms with Crippen LogP contribution in [-0.4, -0.2) is 30.8 Å². The van der Waals surface area contributed by atoms with Gasteiger partial charge in [0.05, 0.1) is 23.4 Å². The number of rotatable bonds is 6. The molecule has 0 atom stereocenters. The van der Waals surface area contributed by atoms with E-state index in [9.17, 15) is 18.0 Å². The van der Waals surface area contributed by atoms with E-state index in [1.165, 1.54) is 18.2 Å². The second-order valence-electron chi connectivity index (χ2n) is 6.56. The zero-order chi connectivity index (χ0) is 22.8. The molecule has 8 nitrogen and oxygen atoms in total. The van der Waals surface area contributed by atoms with Gasteiger partial charge in [-0.2, -0.15) is 18.2 Å². The molecule has 1 aromatic heterocycles. The average molecular weight is 463 g/mol. The molecule has 0 amide bonds. The molecule has 2 aromatic carbocycles. The maximum atomic E-state index is 12.8. The van der Waals surface area contributed by atoms with Crippen molar-refractivity contribution in [1.82, 2.24) is 9.78 Å². The van der Waals surface area contributed by atoms with Crippen LogP contribution in [0.4, 0.5) is 0 Å². The number of benzene rings is 2. The van der Waals surface area contributed by atoms with E-state index in [2.05, 4.69) is 5.10 Å². The number of carbonyl (C=O) groups is 1. The molecule has 0 saturated carbocycles. The number of ether oxygens (including phenoxy) is 1. The Hall–Kier alpha value is -3.17. The molecule has 31 heavy (non-hydrogen) atoms. The van der Waals surface area contributed by atoms with Gasteiger partial charge in [0.15, 0.2) is 5.75 Å². The van der Waals surface area contributed by atoms with Crippen LogP contribution in [-0.2, 0) is 14.9 Å². The standard InChI is InChI=1S/C21H19ClN2O6S/c1-4-29-21(26)20-18(30-31(27,28)15-10-9-13(2)14(3)11-15)12-19(25)24(23-20)17-8-6-5-7-16(17)22/h5-12H,4H2,1-3H3. The molecule has 0 radical (unpaired) electrons. The summed E-state index contributed by atoms with van der Waals surface area (Å²) in [4.78, 5) is 25.0. The van der Waals surface area contributed by atoms with Crippen molar-refractivity contribution in [3.8, 4) is 11.4 Å². The van der Waals surface area contributed by atoms with Crippen LogP contribution in [0.15, 0.2) is 58.2 Å². The van der Waals surface area contributed by atoms with Crippen molar-refractivity contribution in [2.45, 2.75) is 25.7 Å². The fraction of sp³-hybridized carbons (Fsp3) is 0.190. The second kappa shape index (κ2) is 8.91. The highest BCUT2D eigenvalue weighted by atomic mass is 35.5. The van der Waals surface area contributed by atoms with Crippen LogP contribution in [0.1, 0.15) is 28.5 Å². The molecule has 0 aliphatic carbocycles. The summed E-state index contributed by atoms with van der Waals surface area (Å²) >= 11 is 6.13. The lowest BCUT2D eigenvalue weighted by Crippen LogP contribution is -2.26. The number of aryl methyl sites for hydroxylation is 2. The first-order valence-corrected chi connectivity index (χ1v) is 11.0. The van der Waals surface area contributed by atoms with Crippen molar-refractivity contribution in [2.75, 3.05) is 6.61 Å². The second-order valence-corrected chi connectivity index (χ2v) is 8.52. The molecule has 3 aromatic rings. The van der Waals surface area contributed by atoms with Crippen molar-refractivity contribution in [3.63, 3.8) is 0 Å². The highest BCUT2D eigenvalue weighted by molar-refractivity contribution is 7.87. The minimum absolute atomic E-state index is 0.00901. The Labute approximate surface area is 184 Å². The number of hydrogen-bond acceptors (Lipinski definition) is 7. The minimum Gasteiger partial charge on any atom is -0.461 e. The van der Waals surface area contributed by atoms with Crippen molar-refractivity contribution in [1.29, 1.82) is 0 Å². The summed E-state index contributed by atoms with van der Waals surface area (Å²) in [5, 5.41) is 4.20. The van der Waals surface area contributed by atoms with Gasteiger partial charge >= 0.3 is 16.1 Å². The van der Waals surface area contributed by atoms with Crippen LogP contribution in [0.3, 0.4) is 0 Å². The zero-order valence-electron chi connectivity index (χ0n) is 17.0. The Morgan fingerprint density at radius 3 is 2.45 bits per heavy atom. The average Bonchev–Trinajstić information content (AvgIpc) is 2.70. The lowest BCUT2D eigenvalue weighted by molar-refractivity contribution is 0.0515. The number of aromatic nitrogens is 2. The molecule has 162 valence electrons. The molecule has 3 rings (SSSR count). The van der Waals surface area contributed by atoms with E-state index in [1.54, 1.807) is 38.1 Å².